The van der Waals surface area contributed by atoms with E-state index in [1.165, 1.54) is 6.39 Å². The second kappa shape index (κ2) is 7.73. The van der Waals surface area contributed by atoms with Crippen molar-refractivity contribution >= 4 is 28.9 Å². The number of nitrogens with zero attached hydrogens (tertiary/aromatic N) is 4. The van der Waals surface area contributed by atoms with E-state index in [0.717, 1.165) is 33.5 Å². The van der Waals surface area contributed by atoms with Gasteiger partial charge in [-0.25, -0.2) is 9.98 Å². The van der Waals surface area contributed by atoms with E-state index in [1.54, 1.807) is 13.3 Å². The van der Waals surface area contributed by atoms with Crippen LogP contribution in [0.5, 0.6) is 0 Å². The molecular formula is C24H23N5O4. The van der Waals surface area contributed by atoms with Crippen molar-refractivity contribution in [3.05, 3.63) is 66.7 Å². The SMILES string of the molecule is C[C@H]1O[C@@H](n2cc(-c3ccccc3)c3c2N=CN(Nc2ccc4ocnc4c2)C3)[C@H](O)[C@@H]1O. The summed E-state index contributed by atoms with van der Waals surface area (Å²) in [7, 11) is 0. The van der Waals surface area contributed by atoms with Gasteiger partial charge in [-0.05, 0) is 30.7 Å². The fourth-order valence-corrected chi connectivity index (χ4v) is 4.47. The van der Waals surface area contributed by atoms with Crippen LogP contribution in [0.3, 0.4) is 0 Å². The number of aliphatic imine (C=N–C) groups is 1. The molecule has 4 aromatic rings. The molecule has 4 heterocycles. The minimum absolute atomic E-state index is 0.472. The number of aromatic nitrogens is 2. The topological polar surface area (TPSA) is 108 Å². The summed E-state index contributed by atoms with van der Waals surface area (Å²) >= 11 is 0. The zero-order valence-corrected chi connectivity index (χ0v) is 17.9. The predicted octanol–water partition coefficient (Wildman–Crippen LogP) is 3.44. The lowest BCUT2D eigenvalue weighted by Gasteiger charge is -2.26. The van der Waals surface area contributed by atoms with Crippen molar-refractivity contribution in [1.82, 2.24) is 14.6 Å². The summed E-state index contributed by atoms with van der Waals surface area (Å²) < 4.78 is 13.0. The van der Waals surface area contributed by atoms with E-state index in [-0.39, 0.29) is 0 Å². The summed E-state index contributed by atoms with van der Waals surface area (Å²) in [6.45, 7) is 2.29. The molecule has 2 aromatic carbocycles. The number of ether oxygens (including phenoxy) is 1. The van der Waals surface area contributed by atoms with Gasteiger partial charge in [-0.15, -0.1) is 0 Å². The molecule has 0 saturated carbocycles. The minimum Gasteiger partial charge on any atom is -0.443 e. The van der Waals surface area contributed by atoms with E-state index in [4.69, 9.17) is 14.1 Å². The Balaban J connectivity index is 1.36. The van der Waals surface area contributed by atoms with Gasteiger partial charge in [0.1, 0.15) is 29.9 Å². The van der Waals surface area contributed by atoms with E-state index in [9.17, 15) is 10.2 Å². The molecule has 0 spiro atoms. The molecule has 0 bridgehead atoms. The highest BCUT2D eigenvalue weighted by Gasteiger charge is 2.42. The summed E-state index contributed by atoms with van der Waals surface area (Å²) in [5.74, 6) is 0.698. The smallest absolute Gasteiger partial charge is 0.181 e. The number of rotatable bonds is 4. The first kappa shape index (κ1) is 20.0. The number of hydrogen-bond acceptors (Lipinski definition) is 8. The number of anilines is 1. The Morgan fingerprint density at radius 2 is 1.94 bits per heavy atom. The third-order valence-corrected chi connectivity index (χ3v) is 6.19. The summed E-state index contributed by atoms with van der Waals surface area (Å²) in [5.41, 5.74) is 8.73. The number of hydrazine groups is 1. The summed E-state index contributed by atoms with van der Waals surface area (Å²) in [6, 6.07) is 15.7. The third-order valence-electron chi connectivity index (χ3n) is 6.19. The fraction of sp³-hybridized carbons (Fsp3) is 0.250. The molecule has 1 saturated heterocycles. The molecule has 168 valence electrons. The van der Waals surface area contributed by atoms with Crippen LogP contribution < -0.4 is 5.43 Å². The summed E-state index contributed by atoms with van der Waals surface area (Å²) in [4.78, 5) is 8.90. The maximum Gasteiger partial charge on any atom is 0.181 e. The van der Waals surface area contributed by atoms with Crippen LogP contribution in [0.1, 0.15) is 18.7 Å². The highest BCUT2D eigenvalue weighted by Crippen LogP contribution is 2.41. The molecule has 2 aliphatic heterocycles. The zero-order valence-electron chi connectivity index (χ0n) is 17.9. The average Bonchev–Trinajstić information content (AvgIpc) is 3.52. The number of nitrogens with one attached hydrogen (secondary N) is 1. The Labute approximate surface area is 189 Å². The van der Waals surface area contributed by atoms with Crippen LogP contribution in [0.2, 0.25) is 0 Å². The molecule has 0 unspecified atom stereocenters. The van der Waals surface area contributed by atoms with Crippen molar-refractivity contribution in [2.24, 2.45) is 4.99 Å². The molecule has 1 fully saturated rings. The zero-order chi connectivity index (χ0) is 22.5. The first-order valence-corrected chi connectivity index (χ1v) is 10.8. The normalized spacial score (nSPS) is 24.4. The molecule has 2 aromatic heterocycles. The lowest BCUT2D eigenvalue weighted by molar-refractivity contribution is -0.0308. The van der Waals surface area contributed by atoms with Gasteiger partial charge in [0.2, 0.25) is 0 Å². The molecule has 9 heteroatoms. The van der Waals surface area contributed by atoms with Crippen LogP contribution in [0.25, 0.3) is 22.2 Å². The van der Waals surface area contributed by atoms with Crippen LogP contribution >= 0.6 is 0 Å². The van der Waals surface area contributed by atoms with Gasteiger partial charge < -0.3 is 23.9 Å². The van der Waals surface area contributed by atoms with Gasteiger partial charge in [0.15, 0.2) is 18.2 Å². The van der Waals surface area contributed by atoms with Crippen molar-refractivity contribution in [3.63, 3.8) is 0 Å². The molecule has 4 atom stereocenters. The minimum atomic E-state index is -1.04. The molecule has 33 heavy (non-hydrogen) atoms. The maximum absolute atomic E-state index is 10.6. The van der Waals surface area contributed by atoms with Crippen molar-refractivity contribution in [2.45, 2.75) is 38.0 Å². The van der Waals surface area contributed by atoms with Crippen molar-refractivity contribution in [1.29, 1.82) is 0 Å². The molecular weight excluding hydrogens is 422 g/mol. The molecule has 2 aliphatic rings. The second-order valence-corrected chi connectivity index (χ2v) is 8.35. The van der Waals surface area contributed by atoms with Gasteiger partial charge >= 0.3 is 0 Å². The van der Waals surface area contributed by atoms with Gasteiger partial charge in [-0.1, -0.05) is 30.3 Å². The highest BCUT2D eigenvalue weighted by molar-refractivity contribution is 5.79. The van der Waals surface area contributed by atoms with Crippen molar-refractivity contribution in [3.8, 4) is 11.1 Å². The number of hydrogen-bond donors (Lipinski definition) is 3. The standard InChI is InChI=1S/C24H23N5O4/c1-14-21(30)22(31)24(33-14)29-11-17(15-5-3-2-4-6-15)18-10-28(12-25-23(18)29)27-16-7-8-20-19(9-16)26-13-32-20/h2-9,11-14,21-22,24,27,30-31H,10H2,1H3/t14-,21-,22-,24-/m1/s1. The molecule has 6 rings (SSSR count). The van der Waals surface area contributed by atoms with Crippen LogP contribution in [0.4, 0.5) is 11.5 Å². The average molecular weight is 445 g/mol. The van der Waals surface area contributed by atoms with Gasteiger partial charge in [0, 0.05) is 17.3 Å². The van der Waals surface area contributed by atoms with Crippen molar-refractivity contribution in [2.75, 3.05) is 5.43 Å². The van der Waals surface area contributed by atoms with E-state index < -0.39 is 24.5 Å². The number of oxazole rings is 1. The van der Waals surface area contributed by atoms with Gasteiger partial charge in [-0.2, -0.15) is 0 Å². The van der Waals surface area contributed by atoms with E-state index in [1.807, 2.05) is 64.3 Å². The quantitative estimate of drug-likeness (QED) is 0.442. The monoisotopic (exact) mass is 445 g/mol. The van der Waals surface area contributed by atoms with E-state index >= 15 is 0 Å². The van der Waals surface area contributed by atoms with Crippen LogP contribution in [0, 0.1) is 0 Å². The first-order chi connectivity index (χ1) is 16.1. The molecule has 9 nitrogen and oxygen atoms in total. The van der Waals surface area contributed by atoms with Gasteiger partial charge in [0.25, 0.3) is 0 Å². The first-order valence-electron chi connectivity index (χ1n) is 10.8. The number of aliphatic hydroxyl groups is 2. The second-order valence-electron chi connectivity index (χ2n) is 8.35. The van der Waals surface area contributed by atoms with Crippen LogP contribution in [-0.2, 0) is 11.3 Å². The van der Waals surface area contributed by atoms with E-state index in [0.29, 0.717) is 12.4 Å². The van der Waals surface area contributed by atoms with Crippen molar-refractivity contribution < 1.29 is 19.4 Å². The molecule has 0 amide bonds. The lowest BCUT2D eigenvalue weighted by Crippen LogP contribution is -2.31. The van der Waals surface area contributed by atoms with Crippen LogP contribution in [0.15, 0.2) is 70.5 Å². The number of benzene rings is 2. The Morgan fingerprint density at radius 1 is 1.09 bits per heavy atom. The Morgan fingerprint density at radius 3 is 2.73 bits per heavy atom. The summed E-state index contributed by atoms with van der Waals surface area (Å²) in [6.07, 6.45) is 1.90. The highest BCUT2D eigenvalue weighted by atomic mass is 16.6. The predicted molar refractivity (Wildman–Crippen MR) is 123 cm³/mol. The Kier molecular flexibility index (Phi) is 4.68. The van der Waals surface area contributed by atoms with Gasteiger partial charge in [-0.3, -0.25) is 10.4 Å². The largest absolute Gasteiger partial charge is 0.443 e. The maximum atomic E-state index is 10.6. The van der Waals surface area contributed by atoms with Gasteiger partial charge in [0.05, 0.1) is 18.3 Å². The van der Waals surface area contributed by atoms with E-state index in [2.05, 4.69) is 10.4 Å². The van der Waals surface area contributed by atoms with Crippen LogP contribution in [-0.4, -0.2) is 49.4 Å². The molecule has 0 aliphatic carbocycles. The fourth-order valence-electron chi connectivity index (χ4n) is 4.47. The summed E-state index contributed by atoms with van der Waals surface area (Å²) in [5, 5.41) is 22.7. The Hall–Kier alpha value is -3.66. The number of aliphatic hydroxyl groups excluding tert-OH is 2. The lowest BCUT2D eigenvalue weighted by atomic mass is 10.0. The molecule has 0 radical (unpaired) electrons. The Bertz CT molecular complexity index is 1330. The third kappa shape index (κ3) is 3.37. The molecule has 3 N–H and O–H groups in total. The number of fused-ring (bicyclic) bond motifs is 2.